The van der Waals surface area contributed by atoms with E-state index < -0.39 is 5.97 Å². The minimum Gasteiger partial charge on any atom is -0.478 e. The molecule has 1 amide bonds. The molecule has 1 aliphatic heterocycles. The van der Waals surface area contributed by atoms with Crippen LogP contribution < -0.4 is 10.2 Å². The van der Waals surface area contributed by atoms with Crippen LogP contribution in [0.1, 0.15) is 39.3 Å². The molecule has 2 heterocycles. The molecule has 0 spiro atoms. The predicted molar refractivity (Wildman–Crippen MR) is 90.3 cm³/mol. The molecule has 1 aromatic heterocycles. The maximum absolute atomic E-state index is 12.3. The molecule has 1 aromatic carbocycles. The Morgan fingerprint density at radius 1 is 1.12 bits per heavy atom. The molecule has 3 rings (SSSR count). The fourth-order valence-corrected chi connectivity index (χ4v) is 2.75. The third-order valence-electron chi connectivity index (χ3n) is 4.10. The van der Waals surface area contributed by atoms with Crippen molar-refractivity contribution < 1.29 is 14.7 Å². The summed E-state index contributed by atoms with van der Waals surface area (Å²) in [6, 6.07) is 10.2. The van der Waals surface area contributed by atoms with Crippen LogP contribution in [-0.2, 0) is 6.54 Å². The summed E-state index contributed by atoms with van der Waals surface area (Å²) in [5, 5.41) is 11.7. The van der Waals surface area contributed by atoms with Crippen molar-refractivity contribution in [1.29, 1.82) is 0 Å². The van der Waals surface area contributed by atoms with Crippen LogP contribution in [0.4, 0.5) is 5.69 Å². The molecule has 1 aliphatic rings. The van der Waals surface area contributed by atoms with E-state index in [0.717, 1.165) is 24.3 Å². The standard InChI is InChI=1S/C18H19N3O3/c22-17(20-12-13-3-5-14(6-4-13)18(23)24)16-11-15(7-8-19-16)21-9-1-2-10-21/h3-8,11H,1-2,9-10,12H2,(H,20,22)(H,23,24). The van der Waals surface area contributed by atoms with Gasteiger partial charge in [-0.1, -0.05) is 12.1 Å². The van der Waals surface area contributed by atoms with Gasteiger partial charge in [0.15, 0.2) is 0 Å². The number of anilines is 1. The van der Waals surface area contributed by atoms with E-state index in [1.807, 2.05) is 12.1 Å². The first kappa shape index (κ1) is 16.0. The summed E-state index contributed by atoms with van der Waals surface area (Å²) >= 11 is 0. The maximum Gasteiger partial charge on any atom is 0.335 e. The van der Waals surface area contributed by atoms with Gasteiger partial charge in [-0.05, 0) is 42.7 Å². The molecule has 0 radical (unpaired) electrons. The number of amides is 1. The number of aromatic carboxylic acids is 1. The normalized spacial score (nSPS) is 13.8. The fourth-order valence-electron chi connectivity index (χ4n) is 2.75. The van der Waals surface area contributed by atoms with Crippen LogP contribution in [0.15, 0.2) is 42.6 Å². The predicted octanol–water partition coefficient (Wildman–Crippen LogP) is 2.31. The molecule has 0 aliphatic carbocycles. The van der Waals surface area contributed by atoms with E-state index >= 15 is 0 Å². The van der Waals surface area contributed by atoms with Crippen LogP contribution in [0.3, 0.4) is 0 Å². The molecule has 124 valence electrons. The zero-order valence-corrected chi connectivity index (χ0v) is 13.2. The van der Waals surface area contributed by atoms with Crippen molar-refractivity contribution in [1.82, 2.24) is 10.3 Å². The highest BCUT2D eigenvalue weighted by atomic mass is 16.4. The number of carbonyl (C=O) groups excluding carboxylic acids is 1. The van der Waals surface area contributed by atoms with Crippen molar-refractivity contribution in [3.8, 4) is 0 Å². The number of hydrogen-bond acceptors (Lipinski definition) is 4. The van der Waals surface area contributed by atoms with E-state index in [9.17, 15) is 9.59 Å². The Balaban J connectivity index is 1.62. The fraction of sp³-hybridized carbons (Fsp3) is 0.278. The van der Waals surface area contributed by atoms with Gasteiger partial charge in [-0.25, -0.2) is 4.79 Å². The van der Waals surface area contributed by atoms with Crippen molar-refractivity contribution in [3.05, 3.63) is 59.4 Å². The summed E-state index contributed by atoms with van der Waals surface area (Å²) in [4.78, 5) is 29.5. The molecular weight excluding hydrogens is 306 g/mol. The van der Waals surface area contributed by atoms with Crippen LogP contribution in [0.25, 0.3) is 0 Å². The summed E-state index contributed by atoms with van der Waals surface area (Å²) in [6.07, 6.45) is 4.01. The van der Waals surface area contributed by atoms with Gasteiger partial charge in [-0.2, -0.15) is 0 Å². The first-order valence-electron chi connectivity index (χ1n) is 7.95. The highest BCUT2D eigenvalue weighted by molar-refractivity contribution is 5.93. The molecular formula is C18H19N3O3. The number of aromatic nitrogens is 1. The number of benzene rings is 1. The summed E-state index contributed by atoms with van der Waals surface area (Å²) in [7, 11) is 0. The molecule has 24 heavy (non-hydrogen) atoms. The first-order valence-corrected chi connectivity index (χ1v) is 7.95. The van der Waals surface area contributed by atoms with Gasteiger partial charge < -0.3 is 15.3 Å². The Hall–Kier alpha value is -2.89. The molecule has 0 atom stereocenters. The Morgan fingerprint density at radius 2 is 1.83 bits per heavy atom. The number of carboxylic acids is 1. The number of rotatable bonds is 5. The summed E-state index contributed by atoms with van der Waals surface area (Å²) in [5.74, 6) is -1.20. The van der Waals surface area contributed by atoms with Gasteiger partial charge in [0.1, 0.15) is 5.69 Å². The Bertz CT molecular complexity index is 737. The second kappa shape index (κ2) is 7.12. The Labute approximate surface area is 140 Å². The lowest BCUT2D eigenvalue weighted by molar-refractivity contribution is 0.0696. The topological polar surface area (TPSA) is 82.5 Å². The molecule has 1 saturated heterocycles. The second-order valence-electron chi connectivity index (χ2n) is 5.78. The second-order valence-corrected chi connectivity index (χ2v) is 5.78. The highest BCUT2D eigenvalue weighted by Gasteiger charge is 2.15. The van der Waals surface area contributed by atoms with Gasteiger partial charge in [0.2, 0.25) is 0 Å². The minimum atomic E-state index is -0.964. The largest absolute Gasteiger partial charge is 0.478 e. The Kier molecular flexibility index (Phi) is 4.74. The van der Waals surface area contributed by atoms with Gasteiger partial charge in [-0.15, -0.1) is 0 Å². The van der Waals surface area contributed by atoms with E-state index in [1.165, 1.54) is 25.0 Å². The summed E-state index contributed by atoms with van der Waals surface area (Å²) in [5.41, 5.74) is 2.48. The number of nitrogens with zero attached hydrogens (tertiary/aromatic N) is 2. The third kappa shape index (κ3) is 3.71. The molecule has 0 saturated carbocycles. The van der Waals surface area contributed by atoms with Gasteiger partial charge in [0.05, 0.1) is 5.56 Å². The lowest BCUT2D eigenvalue weighted by Gasteiger charge is -2.17. The van der Waals surface area contributed by atoms with Crippen molar-refractivity contribution in [2.24, 2.45) is 0 Å². The van der Waals surface area contributed by atoms with Crippen molar-refractivity contribution in [2.75, 3.05) is 18.0 Å². The van der Waals surface area contributed by atoms with E-state index in [0.29, 0.717) is 12.2 Å². The third-order valence-corrected chi connectivity index (χ3v) is 4.10. The van der Waals surface area contributed by atoms with Gasteiger partial charge in [0, 0.05) is 31.5 Å². The van der Waals surface area contributed by atoms with Crippen molar-refractivity contribution in [3.63, 3.8) is 0 Å². The van der Waals surface area contributed by atoms with Crippen LogP contribution in [0, 0.1) is 0 Å². The molecule has 2 N–H and O–H groups in total. The van der Waals surface area contributed by atoms with Crippen LogP contribution >= 0.6 is 0 Å². The number of carboxylic acid groups (broad SMARTS) is 1. The van der Waals surface area contributed by atoms with Crippen LogP contribution in [-0.4, -0.2) is 35.1 Å². The average molecular weight is 325 g/mol. The maximum atomic E-state index is 12.3. The molecule has 6 nitrogen and oxygen atoms in total. The van der Waals surface area contributed by atoms with Crippen LogP contribution in [0.2, 0.25) is 0 Å². The number of carbonyl (C=O) groups is 2. The molecule has 0 unspecified atom stereocenters. The van der Waals surface area contributed by atoms with Crippen molar-refractivity contribution in [2.45, 2.75) is 19.4 Å². The quantitative estimate of drug-likeness (QED) is 0.881. The monoisotopic (exact) mass is 325 g/mol. The SMILES string of the molecule is O=C(O)c1ccc(CNC(=O)c2cc(N3CCCC3)ccn2)cc1. The van der Waals surface area contributed by atoms with E-state index in [-0.39, 0.29) is 11.5 Å². The smallest absolute Gasteiger partial charge is 0.335 e. The first-order chi connectivity index (χ1) is 11.6. The zero-order valence-electron chi connectivity index (χ0n) is 13.2. The molecule has 6 heteroatoms. The number of pyridine rings is 1. The zero-order chi connectivity index (χ0) is 16.9. The number of hydrogen-bond donors (Lipinski definition) is 2. The summed E-state index contributed by atoms with van der Waals surface area (Å²) < 4.78 is 0. The average Bonchev–Trinajstić information content (AvgIpc) is 3.15. The van der Waals surface area contributed by atoms with Gasteiger partial charge in [-0.3, -0.25) is 9.78 Å². The van der Waals surface area contributed by atoms with Gasteiger partial charge in [0.25, 0.3) is 5.91 Å². The van der Waals surface area contributed by atoms with E-state index in [4.69, 9.17) is 5.11 Å². The van der Waals surface area contributed by atoms with E-state index in [2.05, 4.69) is 15.2 Å². The molecule has 1 fully saturated rings. The Morgan fingerprint density at radius 3 is 2.50 bits per heavy atom. The van der Waals surface area contributed by atoms with Gasteiger partial charge >= 0.3 is 5.97 Å². The summed E-state index contributed by atoms with van der Waals surface area (Å²) in [6.45, 7) is 2.36. The van der Waals surface area contributed by atoms with Crippen LogP contribution in [0.5, 0.6) is 0 Å². The lowest BCUT2D eigenvalue weighted by atomic mass is 10.1. The minimum absolute atomic E-state index is 0.227. The highest BCUT2D eigenvalue weighted by Crippen LogP contribution is 2.20. The number of nitrogens with one attached hydrogen (secondary N) is 1. The molecule has 2 aromatic rings. The van der Waals surface area contributed by atoms with E-state index in [1.54, 1.807) is 18.3 Å². The van der Waals surface area contributed by atoms with Crippen molar-refractivity contribution >= 4 is 17.6 Å². The lowest BCUT2D eigenvalue weighted by Crippen LogP contribution is -2.25. The molecule has 0 bridgehead atoms.